The topological polar surface area (TPSA) is 48.5 Å². The molecule has 0 aliphatic carbocycles. The second-order valence-electron chi connectivity index (χ2n) is 4.65. The Kier molecular flexibility index (Phi) is 4.96. The molecule has 1 aromatic heterocycles. The van der Waals surface area contributed by atoms with Gasteiger partial charge in [0, 0.05) is 26.2 Å². The van der Waals surface area contributed by atoms with E-state index in [1.165, 1.54) is 0 Å². The number of hydrogen-bond donors (Lipinski definition) is 1. The van der Waals surface area contributed by atoms with Gasteiger partial charge in [-0.15, -0.1) is 0 Å². The quantitative estimate of drug-likeness (QED) is 0.840. The average Bonchev–Trinajstić information content (AvgIpc) is 2.39. The Morgan fingerprint density at radius 2 is 1.90 bits per heavy atom. The molecular formula is C12H15Cl3N4O. The Labute approximate surface area is 132 Å². The maximum atomic E-state index is 11.5. The van der Waals surface area contributed by atoms with Crippen LogP contribution in [0.15, 0.2) is 18.3 Å². The normalized spacial score (nSPS) is 17.1. The molecule has 1 fully saturated rings. The minimum absolute atomic E-state index is 0.499. The zero-order valence-electron chi connectivity index (χ0n) is 10.9. The van der Waals surface area contributed by atoms with Crippen LogP contribution in [0.2, 0.25) is 0 Å². The van der Waals surface area contributed by atoms with E-state index in [-0.39, 0.29) is 0 Å². The fourth-order valence-corrected chi connectivity index (χ4v) is 2.03. The standard InChI is InChI=1S/C12H15Cl3N4O/c1-18-4-6-19(7-5-18)10-3-2-9(8-16-10)17-11(20)12(13,14)15/h2-3,8H,4-7H2,1H3,(H,17,20). The van der Waals surface area contributed by atoms with Gasteiger partial charge in [0.1, 0.15) is 5.82 Å². The number of carbonyl (C=O) groups is 1. The van der Waals surface area contributed by atoms with Crippen LogP contribution < -0.4 is 10.2 Å². The summed E-state index contributed by atoms with van der Waals surface area (Å²) in [6, 6.07) is 3.59. The first kappa shape index (κ1) is 15.6. The van der Waals surface area contributed by atoms with Gasteiger partial charge >= 0.3 is 0 Å². The summed E-state index contributed by atoms with van der Waals surface area (Å²) in [6.07, 6.45) is 1.56. The van der Waals surface area contributed by atoms with Crippen LogP contribution >= 0.6 is 34.8 Å². The van der Waals surface area contributed by atoms with E-state index in [0.29, 0.717) is 5.69 Å². The van der Waals surface area contributed by atoms with Crippen molar-refractivity contribution in [3.05, 3.63) is 18.3 Å². The van der Waals surface area contributed by atoms with E-state index in [1.807, 2.05) is 6.07 Å². The molecule has 20 heavy (non-hydrogen) atoms. The second-order valence-corrected chi connectivity index (χ2v) is 6.93. The monoisotopic (exact) mass is 336 g/mol. The van der Waals surface area contributed by atoms with Gasteiger partial charge in [-0.3, -0.25) is 4.79 Å². The number of carbonyl (C=O) groups excluding carboxylic acids is 1. The molecule has 1 amide bonds. The van der Waals surface area contributed by atoms with Crippen molar-refractivity contribution >= 4 is 52.2 Å². The summed E-state index contributed by atoms with van der Waals surface area (Å²) in [6.45, 7) is 3.88. The van der Waals surface area contributed by atoms with Gasteiger partial charge in [0.05, 0.1) is 11.9 Å². The van der Waals surface area contributed by atoms with Crippen LogP contribution in [0.4, 0.5) is 11.5 Å². The summed E-state index contributed by atoms with van der Waals surface area (Å²) >= 11 is 16.5. The number of piperazine rings is 1. The van der Waals surface area contributed by atoms with Crippen molar-refractivity contribution in [2.45, 2.75) is 3.79 Å². The Morgan fingerprint density at radius 3 is 2.40 bits per heavy atom. The summed E-state index contributed by atoms with van der Waals surface area (Å²) in [7, 11) is 2.10. The lowest BCUT2D eigenvalue weighted by Crippen LogP contribution is -2.44. The third kappa shape index (κ3) is 4.12. The summed E-state index contributed by atoms with van der Waals surface area (Å²) in [5, 5.41) is 2.50. The van der Waals surface area contributed by atoms with Gasteiger partial charge in [-0.1, -0.05) is 34.8 Å². The fraction of sp³-hybridized carbons (Fsp3) is 0.500. The molecular weight excluding hydrogens is 323 g/mol. The van der Waals surface area contributed by atoms with Crippen LogP contribution in [0.25, 0.3) is 0 Å². The van der Waals surface area contributed by atoms with Crippen molar-refractivity contribution in [1.82, 2.24) is 9.88 Å². The lowest BCUT2D eigenvalue weighted by molar-refractivity contribution is -0.115. The highest BCUT2D eigenvalue weighted by Gasteiger charge is 2.30. The number of anilines is 2. The number of alkyl halides is 3. The number of amides is 1. The zero-order valence-corrected chi connectivity index (χ0v) is 13.2. The van der Waals surface area contributed by atoms with Crippen molar-refractivity contribution in [2.75, 3.05) is 43.4 Å². The van der Waals surface area contributed by atoms with E-state index in [4.69, 9.17) is 34.8 Å². The molecule has 1 aliphatic rings. The van der Waals surface area contributed by atoms with Crippen LogP contribution in [-0.2, 0) is 4.79 Å². The average molecular weight is 338 g/mol. The summed E-state index contributed by atoms with van der Waals surface area (Å²) in [5.41, 5.74) is 0.499. The molecule has 0 saturated carbocycles. The molecule has 8 heteroatoms. The molecule has 1 aromatic rings. The van der Waals surface area contributed by atoms with E-state index in [9.17, 15) is 4.79 Å². The number of rotatable bonds is 2. The first-order valence-electron chi connectivity index (χ1n) is 6.14. The first-order chi connectivity index (χ1) is 9.36. The number of halogens is 3. The molecule has 0 unspecified atom stereocenters. The van der Waals surface area contributed by atoms with E-state index in [0.717, 1.165) is 32.0 Å². The van der Waals surface area contributed by atoms with E-state index < -0.39 is 9.70 Å². The predicted octanol–water partition coefficient (Wildman–Crippen LogP) is 2.14. The maximum absolute atomic E-state index is 11.5. The number of nitrogens with zero attached hydrogens (tertiary/aromatic N) is 3. The molecule has 1 N–H and O–H groups in total. The lowest BCUT2D eigenvalue weighted by atomic mass is 10.3. The van der Waals surface area contributed by atoms with Gasteiger partial charge < -0.3 is 15.1 Å². The predicted molar refractivity (Wildman–Crippen MR) is 82.9 cm³/mol. The molecule has 1 aliphatic heterocycles. The molecule has 0 atom stereocenters. The molecule has 110 valence electrons. The van der Waals surface area contributed by atoms with E-state index in [2.05, 4.69) is 27.1 Å². The Morgan fingerprint density at radius 1 is 1.25 bits per heavy atom. The highest BCUT2D eigenvalue weighted by Crippen LogP contribution is 2.27. The molecule has 0 spiro atoms. The lowest BCUT2D eigenvalue weighted by Gasteiger charge is -2.33. The van der Waals surface area contributed by atoms with Crippen LogP contribution in [0.3, 0.4) is 0 Å². The van der Waals surface area contributed by atoms with Crippen molar-refractivity contribution in [3.63, 3.8) is 0 Å². The molecule has 5 nitrogen and oxygen atoms in total. The highest BCUT2D eigenvalue weighted by molar-refractivity contribution is 6.76. The Bertz CT molecular complexity index is 467. The van der Waals surface area contributed by atoms with Gasteiger partial charge in [0.15, 0.2) is 0 Å². The molecule has 2 rings (SSSR count). The van der Waals surface area contributed by atoms with Crippen LogP contribution in [0, 0.1) is 0 Å². The van der Waals surface area contributed by atoms with Crippen molar-refractivity contribution in [1.29, 1.82) is 0 Å². The number of pyridine rings is 1. The molecule has 1 saturated heterocycles. The molecule has 0 aromatic carbocycles. The van der Waals surface area contributed by atoms with Gasteiger partial charge in [-0.05, 0) is 19.2 Å². The molecule has 2 heterocycles. The van der Waals surface area contributed by atoms with Gasteiger partial charge in [-0.25, -0.2) is 4.98 Å². The fourth-order valence-electron chi connectivity index (χ4n) is 1.88. The zero-order chi connectivity index (χ0) is 14.8. The third-order valence-electron chi connectivity index (χ3n) is 3.09. The van der Waals surface area contributed by atoms with E-state index in [1.54, 1.807) is 12.3 Å². The second kappa shape index (κ2) is 6.35. The van der Waals surface area contributed by atoms with E-state index >= 15 is 0 Å². The maximum Gasteiger partial charge on any atom is 0.276 e. The van der Waals surface area contributed by atoms with Gasteiger partial charge in [0.25, 0.3) is 9.70 Å². The first-order valence-corrected chi connectivity index (χ1v) is 7.27. The summed E-state index contributed by atoms with van der Waals surface area (Å²) in [4.78, 5) is 20.3. The molecule has 0 radical (unpaired) electrons. The smallest absolute Gasteiger partial charge is 0.276 e. The van der Waals surface area contributed by atoms with Crippen molar-refractivity contribution < 1.29 is 4.79 Å². The van der Waals surface area contributed by atoms with Crippen molar-refractivity contribution in [2.24, 2.45) is 0 Å². The number of hydrogen-bond acceptors (Lipinski definition) is 4. The number of likely N-dealkylation sites (N-methyl/N-ethyl adjacent to an activating group) is 1. The van der Waals surface area contributed by atoms with Crippen LogP contribution in [0.1, 0.15) is 0 Å². The Hall–Kier alpha value is -0.750. The summed E-state index contributed by atoms with van der Waals surface area (Å²) in [5.74, 6) is 0.182. The third-order valence-corrected chi connectivity index (χ3v) is 3.61. The van der Waals surface area contributed by atoms with Crippen molar-refractivity contribution in [3.8, 4) is 0 Å². The highest BCUT2D eigenvalue weighted by atomic mass is 35.6. The van der Waals surface area contributed by atoms with Gasteiger partial charge in [-0.2, -0.15) is 0 Å². The minimum atomic E-state index is -1.98. The summed E-state index contributed by atoms with van der Waals surface area (Å²) < 4.78 is -1.98. The molecule has 0 bridgehead atoms. The van der Waals surface area contributed by atoms with Gasteiger partial charge in [0.2, 0.25) is 0 Å². The van der Waals surface area contributed by atoms with Crippen LogP contribution in [0.5, 0.6) is 0 Å². The van der Waals surface area contributed by atoms with Crippen LogP contribution in [-0.4, -0.2) is 52.8 Å². The minimum Gasteiger partial charge on any atom is -0.354 e. The Balaban J connectivity index is 1.98. The largest absolute Gasteiger partial charge is 0.354 e. The number of nitrogens with one attached hydrogen (secondary N) is 1. The number of aromatic nitrogens is 1. The SMILES string of the molecule is CN1CCN(c2ccc(NC(=O)C(Cl)(Cl)Cl)cn2)CC1.